The molecular weight excluding hydrogens is 202 g/mol. The highest BCUT2D eigenvalue weighted by Crippen LogP contribution is 2.16. The van der Waals surface area contributed by atoms with Gasteiger partial charge in [-0.05, 0) is 25.3 Å². The molecule has 0 unspecified atom stereocenters. The van der Waals surface area contributed by atoms with Crippen molar-refractivity contribution in [2.45, 2.75) is 19.3 Å². The smallest absolute Gasteiger partial charge is 0.180 e. The van der Waals surface area contributed by atoms with Gasteiger partial charge in [0.2, 0.25) is 0 Å². The Morgan fingerprint density at radius 3 is 2.75 bits per heavy atom. The maximum Gasteiger partial charge on any atom is 0.180 e. The molecule has 3 heterocycles. The van der Waals surface area contributed by atoms with Crippen molar-refractivity contribution in [2.75, 3.05) is 23.8 Å². The molecule has 0 aromatic carbocycles. The van der Waals surface area contributed by atoms with E-state index in [9.17, 15) is 0 Å². The van der Waals surface area contributed by atoms with Gasteiger partial charge in [0.1, 0.15) is 0 Å². The second kappa shape index (κ2) is 3.66. The van der Waals surface area contributed by atoms with Crippen molar-refractivity contribution in [1.29, 1.82) is 0 Å². The van der Waals surface area contributed by atoms with Crippen LogP contribution in [0.1, 0.15) is 19.3 Å². The van der Waals surface area contributed by atoms with Crippen molar-refractivity contribution in [3.8, 4) is 0 Å². The first-order chi connectivity index (χ1) is 7.84. The Kier molecular flexibility index (Phi) is 2.16. The lowest BCUT2D eigenvalue weighted by Gasteiger charge is -2.28. The van der Waals surface area contributed by atoms with Crippen LogP contribution in [0.4, 0.5) is 5.69 Å². The summed E-state index contributed by atoms with van der Waals surface area (Å²) in [6.07, 6.45) is 7.29. The van der Waals surface area contributed by atoms with Gasteiger partial charge in [-0.15, -0.1) is 0 Å². The zero-order chi connectivity index (χ0) is 11.0. The van der Waals surface area contributed by atoms with Crippen LogP contribution in [0.25, 0.3) is 11.0 Å². The molecule has 0 spiro atoms. The van der Waals surface area contributed by atoms with Crippen LogP contribution in [-0.2, 0) is 0 Å². The van der Waals surface area contributed by atoms with E-state index in [2.05, 4.69) is 15.1 Å². The fraction of sp³-hybridized carbons (Fsp3) is 0.455. The minimum absolute atomic E-state index is 0.686. The topological polar surface area (TPSA) is 60.0 Å². The number of piperidine rings is 1. The third-order valence-corrected chi connectivity index (χ3v) is 3.01. The molecule has 2 aromatic rings. The average molecular weight is 217 g/mol. The number of fused-ring (bicyclic) bond motifs is 1. The quantitative estimate of drug-likeness (QED) is 0.778. The zero-order valence-electron chi connectivity index (χ0n) is 9.13. The number of nitrogens with zero attached hydrogens (tertiary/aromatic N) is 4. The molecule has 16 heavy (non-hydrogen) atoms. The first-order valence-electron chi connectivity index (χ1n) is 5.69. The molecule has 1 saturated heterocycles. The second-order valence-corrected chi connectivity index (χ2v) is 4.23. The summed E-state index contributed by atoms with van der Waals surface area (Å²) < 4.78 is 0. The number of pyridine rings is 1. The average Bonchev–Trinajstić information content (AvgIpc) is 2.73. The minimum atomic E-state index is 0.686. The monoisotopic (exact) mass is 217 g/mol. The molecule has 1 fully saturated rings. The number of anilines is 1. The second-order valence-electron chi connectivity index (χ2n) is 4.23. The first kappa shape index (κ1) is 9.45. The summed E-state index contributed by atoms with van der Waals surface area (Å²) in [7, 11) is 0. The molecule has 5 nitrogen and oxygen atoms in total. The molecule has 0 radical (unpaired) electrons. The van der Waals surface area contributed by atoms with E-state index in [4.69, 9.17) is 5.73 Å². The van der Waals surface area contributed by atoms with Gasteiger partial charge in [-0.2, -0.15) is 9.89 Å². The predicted molar refractivity (Wildman–Crippen MR) is 63.7 cm³/mol. The Labute approximate surface area is 93.8 Å². The Bertz CT molecular complexity index is 498. The highest BCUT2D eigenvalue weighted by molar-refractivity contribution is 5.77. The largest absolute Gasteiger partial charge is 0.397 e. The molecule has 0 bridgehead atoms. The molecule has 0 saturated carbocycles. The Hall–Kier alpha value is -1.78. The van der Waals surface area contributed by atoms with E-state index in [1.54, 1.807) is 6.20 Å². The number of hydrogen-bond acceptors (Lipinski definition) is 4. The summed E-state index contributed by atoms with van der Waals surface area (Å²) in [6, 6.07) is 1.91. The van der Waals surface area contributed by atoms with E-state index in [1.807, 2.05) is 17.1 Å². The maximum absolute atomic E-state index is 5.70. The standard InChI is InChI=1S/C11H15N5/c12-10-6-9-7-14-16(11(9)13-8-10)15-4-2-1-3-5-15/h6-8H,1-5,12H2. The van der Waals surface area contributed by atoms with Gasteiger partial charge < -0.3 is 5.73 Å². The SMILES string of the molecule is Nc1cnc2c(cnn2N2CCCCC2)c1. The third-order valence-electron chi connectivity index (χ3n) is 3.01. The Morgan fingerprint density at radius 2 is 1.94 bits per heavy atom. The van der Waals surface area contributed by atoms with Crippen LogP contribution in [0.5, 0.6) is 0 Å². The fourth-order valence-electron chi connectivity index (χ4n) is 2.20. The van der Waals surface area contributed by atoms with Gasteiger partial charge in [-0.25, -0.2) is 4.98 Å². The number of nitrogens with two attached hydrogens (primary N) is 1. The van der Waals surface area contributed by atoms with Crippen LogP contribution in [0.3, 0.4) is 0 Å². The molecule has 3 rings (SSSR count). The van der Waals surface area contributed by atoms with Gasteiger partial charge in [0, 0.05) is 18.5 Å². The lowest BCUT2D eigenvalue weighted by molar-refractivity contribution is 0.456. The van der Waals surface area contributed by atoms with Gasteiger partial charge in [-0.3, -0.25) is 5.01 Å². The lowest BCUT2D eigenvalue weighted by Crippen LogP contribution is -2.39. The van der Waals surface area contributed by atoms with Crippen molar-refractivity contribution < 1.29 is 0 Å². The highest BCUT2D eigenvalue weighted by Gasteiger charge is 2.14. The van der Waals surface area contributed by atoms with Crippen LogP contribution in [0, 0.1) is 0 Å². The number of hydrogen-bond donors (Lipinski definition) is 1. The normalized spacial score (nSPS) is 16.9. The molecule has 0 atom stereocenters. The molecule has 84 valence electrons. The van der Waals surface area contributed by atoms with Crippen LogP contribution in [0.15, 0.2) is 18.5 Å². The predicted octanol–water partition coefficient (Wildman–Crippen LogP) is 1.14. The molecule has 0 amide bonds. The number of aromatic nitrogens is 3. The maximum atomic E-state index is 5.70. The summed E-state index contributed by atoms with van der Waals surface area (Å²) in [5, 5.41) is 7.63. The van der Waals surface area contributed by atoms with E-state index in [0.717, 1.165) is 24.1 Å². The lowest BCUT2D eigenvalue weighted by atomic mass is 10.2. The molecular formula is C11H15N5. The van der Waals surface area contributed by atoms with Crippen molar-refractivity contribution in [3.63, 3.8) is 0 Å². The van der Waals surface area contributed by atoms with E-state index in [-0.39, 0.29) is 0 Å². The van der Waals surface area contributed by atoms with Crippen molar-refractivity contribution in [2.24, 2.45) is 0 Å². The Balaban J connectivity index is 2.03. The molecule has 2 aromatic heterocycles. The highest BCUT2D eigenvalue weighted by atomic mass is 15.7. The van der Waals surface area contributed by atoms with Crippen LogP contribution in [0.2, 0.25) is 0 Å². The number of rotatable bonds is 1. The van der Waals surface area contributed by atoms with Gasteiger partial charge >= 0.3 is 0 Å². The zero-order valence-corrected chi connectivity index (χ0v) is 9.13. The van der Waals surface area contributed by atoms with Crippen molar-refractivity contribution in [3.05, 3.63) is 18.5 Å². The molecule has 1 aliphatic heterocycles. The molecule has 0 aliphatic carbocycles. The van der Waals surface area contributed by atoms with Crippen molar-refractivity contribution in [1.82, 2.24) is 14.9 Å². The van der Waals surface area contributed by atoms with E-state index in [0.29, 0.717) is 5.69 Å². The van der Waals surface area contributed by atoms with Gasteiger partial charge in [-0.1, -0.05) is 0 Å². The van der Waals surface area contributed by atoms with Gasteiger partial charge in [0.05, 0.1) is 18.1 Å². The van der Waals surface area contributed by atoms with Crippen LogP contribution < -0.4 is 10.7 Å². The summed E-state index contributed by atoms with van der Waals surface area (Å²) in [6.45, 7) is 2.12. The van der Waals surface area contributed by atoms with E-state index >= 15 is 0 Å². The van der Waals surface area contributed by atoms with Crippen LogP contribution >= 0.6 is 0 Å². The molecule has 1 aliphatic rings. The van der Waals surface area contributed by atoms with Gasteiger partial charge in [0.25, 0.3) is 0 Å². The summed E-state index contributed by atoms with van der Waals surface area (Å²) in [4.78, 5) is 6.26. The fourth-order valence-corrected chi connectivity index (χ4v) is 2.20. The third kappa shape index (κ3) is 1.48. The Morgan fingerprint density at radius 1 is 1.12 bits per heavy atom. The van der Waals surface area contributed by atoms with Crippen LogP contribution in [-0.4, -0.2) is 28.0 Å². The van der Waals surface area contributed by atoms with Crippen molar-refractivity contribution >= 4 is 16.7 Å². The van der Waals surface area contributed by atoms with Gasteiger partial charge in [0.15, 0.2) is 5.65 Å². The van der Waals surface area contributed by atoms with E-state index in [1.165, 1.54) is 19.3 Å². The summed E-state index contributed by atoms with van der Waals surface area (Å²) in [5.74, 6) is 0. The first-order valence-corrected chi connectivity index (χ1v) is 5.69. The molecule has 2 N–H and O–H groups in total. The van der Waals surface area contributed by atoms with E-state index < -0.39 is 0 Å². The summed E-state index contributed by atoms with van der Waals surface area (Å²) in [5.41, 5.74) is 7.28. The minimum Gasteiger partial charge on any atom is -0.397 e. The molecule has 5 heteroatoms. The number of nitrogen functional groups attached to an aromatic ring is 1. The summed E-state index contributed by atoms with van der Waals surface area (Å²) >= 11 is 0.